The van der Waals surface area contributed by atoms with Gasteiger partial charge in [0.15, 0.2) is 0 Å². The number of nitrogens with zero attached hydrogens (tertiary/aromatic N) is 1. The summed E-state index contributed by atoms with van der Waals surface area (Å²) >= 11 is 0. The van der Waals surface area contributed by atoms with Crippen molar-refractivity contribution in [2.75, 3.05) is 11.9 Å². The Labute approximate surface area is 207 Å². The van der Waals surface area contributed by atoms with E-state index in [1.54, 1.807) is 14.0 Å². The van der Waals surface area contributed by atoms with Crippen molar-refractivity contribution in [1.82, 2.24) is 10.6 Å². The quantitative estimate of drug-likeness (QED) is 0.540. The summed E-state index contributed by atoms with van der Waals surface area (Å²) in [6, 6.07) is 20.2. The smallest absolute Gasteiger partial charge is 0.249 e. The predicted octanol–water partition coefficient (Wildman–Crippen LogP) is 4.71. The first-order valence-electron chi connectivity index (χ1n) is 11.9. The molecule has 2 amide bonds. The lowest BCUT2D eigenvalue weighted by atomic mass is 9.96. The standard InChI is InChI=1S/C28H31N3O2.ClH/c1-18(29-2)27(32)30-25-16-14-20-7-3-6-10-26(20)31(28(25)33)17-21-13-15-23(19-11-12-19)24-9-5-4-8-22(21)24;/h3-10,13,15,18-19,25,29H,11-12,14,16-17H2,1-2H3,(H,30,32);1H/t18-,25-;/m0./s1. The highest BCUT2D eigenvalue weighted by molar-refractivity contribution is 6.01. The maximum atomic E-state index is 13.8. The fourth-order valence-corrected chi connectivity index (χ4v) is 4.88. The zero-order valence-corrected chi connectivity index (χ0v) is 20.5. The summed E-state index contributed by atoms with van der Waals surface area (Å²) in [6.45, 7) is 2.28. The number of para-hydroxylation sites is 1. The lowest BCUT2D eigenvalue weighted by molar-refractivity contribution is -0.128. The van der Waals surface area contributed by atoms with Crippen LogP contribution in [0.1, 0.15) is 48.8 Å². The molecule has 2 N–H and O–H groups in total. The number of likely N-dealkylation sites (N-methyl/N-ethyl adjacent to an activating group) is 1. The van der Waals surface area contributed by atoms with Gasteiger partial charge in [0.2, 0.25) is 11.8 Å². The van der Waals surface area contributed by atoms with Crippen molar-refractivity contribution < 1.29 is 9.59 Å². The highest BCUT2D eigenvalue weighted by Crippen LogP contribution is 2.44. The summed E-state index contributed by atoms with van der Waals surface area (Å²) < 4.78 is 0. The number of amides is 2. The van der Waals surface area contributed by atoms with Gasteiger partial charge in [0.1, 0.15) is 6.04 Å². The monoisotopic (exact) mass is 477 g/mol. The third kappa shape index (κ3) is 4.68. The molecule has 1 heterocycles. The van der Waals surface area contributed by atoms with Gasteiger partial charge in [-0.3, -0.25) is 9.59 Å². The summed E-state index contributed by atoms with van der Waals surface area (Å²) in [5.41, 5.74) is 4.64. The van der Waals surface area contributed by atoms with Crippen LogP contribution in [0.2, 0.25) is 0 Å². The van der Waals surface area contributed by atoms with Crippen LogP contribution in [0.25, 0.3) is 10.8 Å². The van der Waals surface area contributed by atoms with E-state index in [1.165, 1.54) is 29.2 Å². The largest absolute Gasteiger partial charge is 0.343 e. The van der Waals surface area contributed by atoms with Crippen LogP contribution in [0.15, 0.2) is 60.7 Å². The Morgan fingerprint density at radius 3 is 2.44 bits per heavy atom. The van der Waals surface area contributed by atoms with Gasteiger partial charge in [-0.25, -0.2) is 0 Å². The Morgan fingerprint density at radius 1 is 1.00 bits per heavy atom. The zero-order valence-electron chi connectivity index (χ0n) is 19.7. The van der Waals surface area contributed by atoms with Gasteiger partial charge in [-0.2, -0.15) is 0 Å². The van der Waals surface area contributed by atoms with Crippen LogP contribution in [0.4, 0.5) is 5.69 Å². The summed E-state index contributed by atoms with van der Waals surface area (Å²) in [5.74, 6) is 0.464. The molecule has 5 nitrogen and oxygen atoms in total. The topological polar surface area (TPSA) is 61.4 Å². The van der Waals surface area contributed by atoms with Crippen molar-refractivity contribution in [2.24, 2.45) is 0 Å². The summed E-state index contributed by atoms with van der Waals surface area (Å²) in [6.07, 6.45) is 3.86. The predicted molar refractivity (Wildman–Crippen MR) is 140 cm³/mol. The normalized spacial score (nSPS) is 18.6. The van der Waals surface area contributed by atoms with E-state index in [1.807, 2.05) is 23.1 Å². The van der Waals surface area contributed by atoms with Crippen molar-refractivity contribution in [1.29, 1.82) is 0 Å². The third-order valence-corrected chi connectivity index (χ3v) is 7.09. The molecular weight excluding hydrogens is 446 g/mol. The van der Waals surface area contributed by atoms with E-state index in [0.29, 0.717) is 18.9 Å². The van der Waals surface area contributed by atoms with Crippen LogP contribution in [0.3, 0.4) is 0 Å². The number of hydrogen-bond acceptors (Lipinski definition) is 3. The van der Waals surface area contributed by atoms with Gasteiger partial charge in [0, 0.05) is 5.69 Å². The molecule has 1 saturated carbocycles. The minimum atomic E-state index is -0.544. The molecule has 2 atom stereocenters. The van der Waals surface area contributed by atoms with Gasteiger partial charge in [0.05, 0.1) is 12.6 Å². The molecule has 0 aromatic heterocycles. The highest BCUT2D eigenvalue weighted by Gasteiger charge is 2.33. The average Bonchev–Trinajstić information content (AvgIpc) is 3.70. The Kier molecular flexibility index (Phi) is 7.24. The Hall–Kier alpha value is -2.89. The van der Waals surface area contributed by atoms with E-state index in [-0.39, 0.29) is 30.3 Å². The molecule has 0 spiro atoms. The maximum absolute atomic E-state index is 13.8. The first kappa shape index (κ1) is 24.2. The number of fused-ring (bicyclic) bond motifs is 2. The van der Waals surface area contributed by atoms with Crippen LogP contribution < -0.4 is 15.5 Å². The van der Waals surface area contributed by atoms with E-state index in [9.17, 15) is 9.59 Å². The number of nitrogens with one attached hydrogen (secondary N) is 2. The van der Waals surface area contributed by atoms with Gasteiger partial charge >= 0.3 is 0 Å². The van der Waals surface area contributed by atoms with Crippen LogP contribution in [-0.2, 0) is 22.6 Å². The molecule has 2 aliphatic rings. The molecule has 34 heavy (non-hydrogen) atoms. The second kappa shape index (κ2) is 10.2. The number of carbonyl (C=O) groups excluding carboxylic acids is 2. The maximum Gasteiger partial charge on any atom is 0.249 e. The Bertz CT molecular complexity index is 1210. The van der Waals surface area contributed by atoms with Gasteiger partial charge in [0.25, 0.3) is 0 Å². The number of halogens is 1. The van der Waals surface area contributed by atoms with E-state index in [0.717, 1.165) is 23.2 Å². The molecule has 1 fully saturated rings. The molecule has 3 aromatic carbocycles. The fourth-order valence-electron chi connectivity index (χ4n) is 4.88. The lowest BCUT2D eigenvalue weighted by Gasteiger charge is -2.27. The minimum absolute atomic E-state index is 0. The van der Waals surface area contributed by atoms with Crippen LogP contribution in [0, 0.1) is 0 Å². The molecular formula is C28H32ClN3O2. The summed E-state index contributed by atoms with van der Waals surface area (Å²) in [5, 5.41) is 8.44. The first-order valence-corrected chi connectivity index (χ1v) is 11.9. The number of hydrogen-bond donors (Lipinski definition) is 2. The van der Waals surface area contributed by atoms with Crippen molar-refractivity contribution >= 4 is 40.7 Å². The number of benzene rings is 3. The number of rotatable bonds is 6. The SMILES string of the molecule is CN[C@@H](C)C(=O)N[C@H]1CCc2ccccc2N(Cc2ccc(C3CC3)c3ccccc23)C1=O.Cl. The summed E-state index contributed by atoms with van der Waals surface area (Å²) in [7, 11) is 1.75. The molecule has 0 unspecified atom stereocenters. The van der Waals surface area contributed by atoms with E-state index in [2.05, 4.69) is 53.1 Å². The molecule has 5 rings (SSSR count). The van der Waals surface area contributed by atoms with E-state index in [4.69, 9.17) is 0 Å². The van der Waals surface area contributed by atoms with Crippen molar-refractivity contribution in [2.45, 2.75) is 57.2 Å². The molecule has 0 bridgehead atoms. The van der Waals surface area contributed by atoms with Crippen LogP contribution in [-0.4, -0.2) is 30.9 Å². The zero-order chi connectivity index (χ0) is 22.9. The van der Waals surface area contributed by atoms with Gasteiger partial charge in [-0.1, -0.05) is 54.6 Å². The highest BCUT2D eigenvalue weighted by atomic mass is 35.5. The molecule has 1 aliphatic carbocycles. The third-order valence-electron chi connectivity index (χ3n) is 7.09. The second-order valence-electron chi connectivity index (χ2n) is 9.30. The number of aryl methyl sites for hydroxylation is 1. The Balaban J connectivity index is 0.00000274. The number of anilines is 1. The molecule has 0 radical (unpaired) electrons. The lowest BCUT2D eigenvalue weighted by Crippen LogP contribution is -2.52. The summed E-state index contributed by atoms with van der Waals surface area (Å²) in [4.78, 5) is 28.2. The Morgan fingerprint density at radius 2 is 1.71 bits per heavy atom. The number of carbonyl (C=O) groups is 2. The molecule has 1 aliphatic heterocycles. The van der Waals surface area contributed by atoms with Crippen LogP contribution in [0.5, 0.6) is 0 Å². The van der Waals surface area contributed by atoms with Crippen molar-refractivity contribution in [3.63, 3.8) is 0 Å². The second-order valence-corrected chi connectivity index (χ2v) is 9.30. The molecule has 6 heteroatoms. The van der Waals surface area contributed by atoms with Gasteiger partial charge in [-0.05, 0) is 79.1 Å². The van der Waals surface area contributed by atoms with E-state index >= 15 is 0 Å². The van der Waals surface area contributed by atoms with Crippen LogP contribution >= 0.6 is 12.4 Å². The molecule has 178 valence electrons. The minimum Gasteiger partial charge on any atom is -0.343 e. The first-order chi connectivity index (χ1) is 16.1. The van der Waals surface area contributed by atoms with Gasteiger partial charge < -0.3 is 15.5 Å². The average molecular weight is 478 g/mol. The fraction of sp³-hybridized carbons (Fsp3) is 0.357. The molecule has 3 aromatic rings. The van der Waals surface area contributed by atoms with Gasteiger partial charge in [-0.15, -0.1) is 12.4 Å². The van der Waals surface area contributed by atoms with Crippen molar-refractivity contribution in [3.8, 4) is 0 Å². The van der Waals surface area contributed by atoms with Crippen molar-refractivity contribution in [3.05, 3.63) is 77.4 Å². The molecule has 0 saturated heterocycles. The van der Waals surface area contributed by atoms with E-state index < -0.39 is 6.04 Å².